The highest BCUT2D eigenvalue weighted by Crippen LogP contribution is 2.12. The molecule has 2 rings (SSSR count). The molecule has 0 radical (unpaired) electrons. The first-order valence-corrected chi connectivity index (χ1v) is 4.21. The van der Waals surface area contributed by atoms with Crippen LogP contribution in [0.3, 0.4) is 0 Å². The first-order valence-electron chi connectivity index (χ1n) is 4.21. The van der Waals surface area contributed by atoms with Gasteiger partial charge in [0.15, 0.2) is 5.82 Å². The Balaban J connectivity index is 2.72. The Morgan fingerprint density at radius 2 is 2.08 bits per heavy atom. The molecule has 0 fully saturated rings. The van der Waals surface area contributed by atoms with E-state index in [1.807, 2.05) is 12.2 Å². The smallest absolute Gasteiger partial charge is 0.295 e. The molecule has 1 aliphatic carbocycles. The van der Waals surface area contributed by atoms with Crippen LogP contribution in [-0.4, -0.2) is 9.55 Å². The highest BCUT2D eigenvalue weighted by molar-refractivity contribution is 5.34. The van der Waals surface area contributed by atoms with Crippen LogP contribution in [0, 0.1) is 0 Å². The number of alkyl halides is 2. The molecule has 0 aliphatic heterocycles. The molecule has 70 valence electrons. The number of imidazole rings is 1. The molecule has 13 heavy (non-hydrogen) atoms. The molecule has 0 N–H and O–H groups in total. The maximum absolute atomic E-state index is 12.4. The van der Waals surface area contributed by atoms with Crippen LogP contribution in [-0.2, 0) is 7.05 Å². The second kappa shape index (κ2) is 2.94. The number of halogens is 2. The zero-order valence-electron chi connectivity index (χ0n) is 7.30. The van der Waals surface area contributed by atoms with Crippen molar-refractivity contribution < 1.29 is 8.78 Å². The molecule has 4 heteroatoms. The van der Waals surface area contributed by atoms with Crippen LogP contribution in [0.5, 0.6) is 0 Å². The minimum atomic E-state index is -2.49. The van der Waals surface area contributed by atoms with Gasteiger partial charge in [-0.2, -0.15) is 0 Å². The molecule has 1 aromatic rings. The van der Waals surface area contributed by atoms with Crippen LogP contribution in [0.4, 0.5) is 8.78 Å². The van der Waals surface area contributed by atoms with Crippen molar-refractivity contribution in [2.45, 2.75) is 19.3 Å². The maximum atomic E-state index is 12.4. The van der Waals surface area contributed by atoms with Crippen LogP contribution in [0.15, 0.2) is 0 Å². The highest BCUT2D eigenvalue weighted by Gasteiger charge is 2.15. The summed E-state index contributed by atoms with van der Waals surface area (Å²) in [4.78, 5) is 3.88. The second-order valence-corrected chi connectivity index (χ2v) is 3.09. The molecule has 1 aliphatic rings. The lowest BCUT2D eigenvalue weighted by atomic mass is 10.2. The van der Waals surface area contributed by atoms with Gasteiger partial charge in [0.25, 0.3) is 6.43 Å². The van der Waals surface area contributed by atoms with E-state index >= 15 is 0 Å². The van der Waals surface area contributed by atoms with Gasteiger partial charge >= 0.3 is 0 Å². The Morgan fingerprint density at radius 1 is 1.38 bits per heavy atom. The Morgan fingerprint density at radius 3 is 2.69 bits per heavy atom. The normalized spacial score (nSPS) is 15.1. The Labute approximate surface area is 74.2 Å². The van der Waals surface area contributed by atoms with Crippen LogP contribution in [0.1, 0.15) is 25.1 Å². The third kappa shape index (κ3) is 1.26. The number of rotatable bonds is 1. The van der Waals surface area contributed by atoms with Crippen molar-refractivity contribution in [3.05, 3.63) is 16.5 Å². The third-order valence-electron chi connectivity index (χ3n) is 2.24. The van der Waals surface area contributed by atoms with Crippen molar-refractivity contribution >= 4 is 12.2 Å². The molecule has 0 unspecified atom stereocenters. The monoisotopic (exact) mass is 184 g/mol. The SMILES string of the molecule is Cn1c(C(F)F)nc2c1=CCCC=2. The molecule has 0 atom stereocenters. The molecular weight excluding hydrogens is 174 g/mol. The van der Waals surface area contributed by atoms with Gasteiger partial charge in [-0.25, -0.2) is 13.8 Å². The lowest BCUT2D eigenvalue weighted by Gasteiger charge is -1.99. The van der Waals surface area contributed by atoms with E-state index in [1.165, 1.54) is 4.57 Å². The lowest BCUT2D eigenvalue weighted by Crippen LogP contribution is -2.30. The predicted molar refractivity (Wildman–Crippen MR) is 45.6 cm³/mol. The number of aromatic nitrogens is 2. The fourth-order valence-corrected chi connectivity index (χ4v) is 1.58. The van der Waals surface area contributed by atoms with Crippen LogP contribution >= 0.6 is 0 Å². The molecule has 0 amide bonds. The summed E-state index contributed by atoms with van der Waals surface area (Å²) < 4.78 is 26.3. The molecule has 0 saturated heterocycles. The van der Waals surface area contributed by atoms with Gasteiger partial charge in [0.1, 0.15) is 0 Å². The number of nitrogens with zero attached hydrogens (tertiary/aromatic N) is 2. The van der Waals surface area contributed by atoms with E-state index in [0.717, 1.165) is 18.2 Å². The number of hydrogen-bond donors (Lipinski definition) is 0. The minimum Gasteiger partial charge on any atom is -0.327 e. The van der Waals surface area contributed by atoms with Crippen molar-refractivity contribution in [1.29, 1.82) is 0 Å². The molecular formula is C9H10F2N2. The van der Waals surface area contributed by atoms with Gasteiger partial charge in [-0.05, 0) is 12.8 Å². The molecule has 1 aromatic heterocycles. The van der Waals surface area contributed by atoms with Gasteiger partial charge in [0.2, 0.25) is 0 Å². The highest BCUT2D eigenvalue weighted by atomic mass is 19.3. The largest absolute Gasteiger partial charge is 0.327 e. The van der Waals surface area contributed by atoms with Gasteiger partial charge in [0.05, 0.1) is 10.7 Å². The van der Waals surface area contributed by atoms with E-state index in [0.29, 0.717) is 5.35 Å². The summed E-state index contributed by atoms with van der Waals surface area (Å²) in [6, 6.07) is 0. The van der Waals surface area contributed by atoms with Crippen molar-refractivity contribution in [1.82, 2.24) is 9.55 Å². The summed E-state index contributed by atoms with van der Waals surface area (Å²) in [6.07, 6.45) is 3.18. The zero-order valence-corrected chi connectivity index (χ0v) is 7.30. The van der Waals surface area contributed by atoms with Crippen LogP contribution in [0.25, 0.3) is 12.2 Å². The molecule has 0 spiro atoms. The van der Waals surface area contributed by atoms with Crippen LogP contribution < -0.4 is 10.7 Å². The topological polar surface area (TPSA) is 17.8 Å². The Kier molecular flexibility index (Phi) is 1.90. The van der Waals surface area contributed by atoms with E-state index in [9.17, 15) is 8.78 Å². The van der Waals surface area contributed by atoms with Gasteiger partial charge in [-0.3, -0.25) is 0 Å². The average Bonchev–Trinajstić information content (AvgIpc) is 2.45. The van der Waals surface area contributed by atoms with E-state index in [4.69, 9.17) is 0 Å². The third-order valence-corrected chi connectivity index (χ3v) is 2.24. The summed E-state index contributed by atoms with van der Waals surface area (Å²) in [7, 11) is 1.63. The van der Waals surface area contributed by atoms with Crippen molar-refractivity contribution in [2.75, 3.05) is 0 Å². The lowest BCUT2D eigenvalue weighted by molar-refractivity contribution is 0.136. The van der Waals surface area contributed by atoms with E-state index < -0.39 is 6.43 Å². The van der Waals surface area contributed by atoms with Gasteiger partial charge in [0, 0.05) is 7.05 Å². The Hall–Kier alpha value is -1.19. The molecule has 2 nitrogen and oxygen atoms in total. The number of hydrogen-bond acceptors (Lipinski definition) is 1. The molecule has 0 bridgehead atoms. The zero-order chi connectivity index (χ0) is 9.42. The van der Waals surface area contributed by atoms with Crippen molar-refractivity contribution in [3.8, 4) is 0 Å². The van der Waals surface area contributed by atoms with E-state index in [-0.39, 0.29) is 5.82 Å². The first kappa shape index (κ1) is 8.41. The molecule has 0 saturated carbocycles. The van der Waals surface area contributed by atoms with Crippen molar-refractivity contribution in [2.24, 2.45) is 7.05 Å². The van der Waals surface area contributed by atoms with Crippen LogP contribution in [0.2, 0.25) is 0 Å². The van der Waals surface area contributed by atoms with Gasteiger partial charge in [-0.1, -0.05) is 12.2 Å². The molecule has 0 aromatic carbocycles. The number of fused-ring (bicyclic) bond motifs is 1. The average molecular weight is 184 g/mol. The quantitative estimate of drug-likeness (QED) is 0.628. The van der Waals surface area contributed by atoms with E-state index in [2.05, 4.69) is 4.98 Å². The van der Waals surface area contributed by atoms with E-state index in [1.54, 1.807) is 7.05 Å². The molecule has 1 heterocycles. The summed E-state index contributed by atoms with van der Waals surface area (Å²) in [5.41, 5.74) is 0. The van der Waals surface area contributed by atoms with Crippen molar-refractivity contribution in [3.63, 3.8) is 0 Å². The Bertz CT molecular complexity index is 431. The predicted octanol–water partition coefficient (Wildman–Crippen LogP) is 0.712. The van der Waals surface area contributed by atoms with Gasteiger partial charge in [-0.15, -0.1) is 0 Å². The fraction of sp³-hybridized carbons (Fsp3) is 0.444. The second-order valence-electron chi connectivity index (χ2n) is 3.09. The summed E-state index contributed by atoms with van der Waals surface area (Å²) in [5, 5.41) is 1.52. The summed E-state index contributed by atoms with van der Waals surface area (Å²) >= 11 is 0. The summed E-state index contributed by atoms with van der Waals surface area (Å²) in [5.74, 6) is -0.139. The standard InChI is InChI=1S/C9H10F2N2/c1-13-7-5-3-2-4-6(7)12-9(13)8(10)11/h4-5,8H,2-3H2,1H3. The maximum Gasteiger partial charge on any atom is 0.295 e. The fourth-order valence-electron chi connectivity index (χ4n) is 1.58. The first-order chi connectivity index (χ1) is 6.20. The summed E-state index contributed by atoms with van der Waals surface area (Å²) in [6.45, 7) is 0. The minimum absolute atomic E-state index is 0.139. The van der Waals surface area contributed by atoms with Gasteiger partial charge < -0.3 is 4.57 Å².